The van der Waals surface area contributed by atoms with Crippen molar-refractivity contribution >= 4 is 33.4 Å². The first-order chi connectivity index (χ1) is 13.5. The Hall–Kier alpha value is -2.09. The number of hydrogen-bond acceptors (Lipinski definition) is 4. The predicted molar refractivity (Wildman–Crippen MR) is 114 cm³/mol. The van der Waals surface area contributed by atoms with Gasteiger partial charge in [-0.3, -0.25) is 4.79 Å². The summed E-state index contributed by atoms with van der Waals surface area (Å²) in [5.41, 5.74) is 1.19. The first-order valence-electron chi connectivity index (χ1n) is 9.27. The highest BCUT2D eigenvalue weighted by atomic mass is 32.2. The highest BCUT2D eigenvalue weighted by Gasteiger charge is 2.19. The van der Waals surface area contributed by atoms with Gasteiger partial charge in [-0.05, 0) is 49.2 Å². The Bertz CT molecular complexity index is 934. The number of rotatable bonds is 8. The molecule has 1 amide bonds. The molecule has 2 aromatic rings. The fraction of sp³-hybridized carbons (Fsp3) is 0.286. The molecule has 1 fully saturated rings. The Morgan fingerprint density at radius 1 is 1.11 bits per heavy atom. The normalized spacial score (nSPS) is 14.7. The molecular formula is C21H24N2O3S2. The van der Waals surface area contributed by atoms with Gasteiger partial charge in [-0.25, -0.2) is 13.1 Å². The highest BCUT2D eigenvalue weighted by Crippen LogP contribution is 2.38. The minimum absolute atomic E-state index is 0.114. The maximum atomic E-state index is 12.6. The molecule has 5 nitrogen and oxygen atoms in total. The van der Waals surface area contributed by atoms with E-state index in [1.165, 1.54) is 56.0 Å². The standard InChI is InChI=1S/C21H24N2O3S2/c1-2-15-22-28(25,26)18-13-11-16(12-14-18)21(24)23-19-9-5-6-10-20(19)27-17-7-3-4-8-17/h2,5-6,9-14,17,22H,1,3-4,7-8,15H2,(H,23,24). The summed E-state index contributed by atoms with van der Waals surface area (Å²) in [6, 6.07) is 13.7. The number of anilines is 1. The van der Waals surface area contributed by atoms with Crippen molar-refractivity contribution in [3.63, 3.8) is 0 Å². The molecule has 0 aromatic heterocycles. The molecule has 0 atom stereocenters. The van der Waals surface area contributed by atoms with Crippen LogP contribution in [0, 0.1) is 0 Å². The summed E-state index contributed by atoms with van der Waals surface area (Å²) in [7, 11) is -3.60. The summed E-state index contributed by atoms with van der Waals surface area (Å²) in [6.07, 6.45) is 6.43. The van der Waals surface area contributed by atoms with E-state index < -0.39 is 10.0 Å². The molecule has 0 saturated heterocycles. The van der Waals surface area contributed by atoms with Crippen molar-refractivity contribution in [2.24, 2.45) is 0 Å². The number of para-hydroxylation sites is 1. The summed E-state index contributed by atoms with van der Waals surface area (Å²) >= 11 is 1.82. The number of benzene rings is 2. The van der Waals surface area contributed by atoms with Crippen LogP contribution in [0.15, 0.2) is 71.0 Å². The molecule has 1 aliphatic rings. The first-order valence-corrected chi connectivity index (χ1v) is 11.6. The van der Waals surface area contributed by atoms with Crippen LogP contribution < -0.4 is 10.0 Å². The molecule has 0 aliphatic heterocycles. The predicted octanol–water partition coefficient (Wildman–Crippen LogP) is 4.44. The van der Waals surface area contributed by atoms with Crippen LogP contribution in [0.25, 0.3) is 0 Å². The molecular weight excluding hydrogens is 392 g/mol. The lowest BCUT2D eigenvalue weighted by Gasteiger charge is -2.14. The van der Waals surface area contributed by atoms with Gasteiger partial charge in [-0.15, -0.1) is 18.3 Å². The summed E-state index contributed by atoms with van der Waals surface area (Å²) in [4.78, 5) is 13.8. The minimum atomic E-state index is -3.60. The van der Waals surface area contributed by atoms with Crippen molar-refractivity contribution in [1.29, 1.82) is 0 Å². The highest BCUT2D eigenvalue weighted by molar-refractivity contribution is 8.00. The van der Waals surface area contributed by atoms with Crippen molar-refractivity contribution in [3.8, 4) is 0 Å². The van der Waals surface area contributed by atoms with E-state index in [1.54, 1.807) is 0 Å². The Morgan fingerprint density at radius 2 is 1.79 bits per heavy atom. The fourth-order valence-corrected chi connectivity index (χ4v) is 5.42. The van der Waals surface area contributed by atoms with Gasteiger partial charge in [0.2, 0.25) is 10.0 Å². The maximum absolute atomic E-state index is 12.6. The van der Waals surface area contributed by atoms with E-state index in [4.69, 9.17) is 0 Å². The van der Waals surface area contributed by atoms with Crippen molar-refractivity contribution in [1.82, 2.24) is 4.72 Å². The smallest absolute Gasteiger partial charge is 0.255 e. The number of carbonyl (C=O) groups is 1. The molecule has 3 rings (SSSR count). The topological polar surface area (TPSA) is 75.3 Å². The first kappa shape index (κ1) is 20.6. The van der Waals surface area contributed by atoms with Crippen molar-refractivity contribution in [2.75, 3.05) is 11.9 Å². The van der Waals surface area contributed by atoms with E-state index in [0.29, 0.717) is 10.8 Å². The van der Waals surface area contributed by atoms with Crippen molar-refractivity contribution in [3.05, 3.63) is 66.7 Å². The second kappa shape index (κ2) is 9.41. The quantitative estimate of drug-likeness (QED) is 0.624. The van der Waals surface area contributed by atoms with E-state index in [0.717, 1.165) is 10.6 Å². The second-order valence-electron chi connectivity index (χ2n) is 6.64. The van der Waals surface area contributed by atoms with Gasteiger partial charge in [0, 0.05) is 22.3 Å². The number of amides is 1. The van der Waals surface area contributed by atoms with Crippen molar-refractivity contribution in [2.45, 2.75) is 40.7 Å². The molecule has 0 spiro atoms. The van der Waals surface area contributed by atoms with E-state index in [1.807, 2.05) is 36.0 Å². The molecule has 148 valence electrons. The van der Waals surface area contributed by atoms with E-state index in [9.17, 15) is 13.2 Å². The van der Waals surface area contributed by atoms with Gasteiger partial charge in [0.05, 0.1) is 10.6 Å². The summed E-state index contributed by atoms with van der Waals surface area (Å²) in [6.45, 7) is 3.64. The Kier molecular flexibility index (Phi) is 6.93. The van der Waals surface area contributed by atoms with Gasteiger partial charge < -0.3 is 5.32 Å². The van der Waals surface area contributed by atoms with E-state index in [2.05, 4.69) is 16.6 Å². The molecule has 2 N–H and O–H groups in total. The lowest BCUT2D eigenvalue weighted by atomic mass is 10.2. The van der Waals surface area contributed by atoms with Crippen LogP contribution in [0.5, 0.6) is 0 Å². The molecule has 7 heteroatoms. The van der Waals surface area contributed by atoms with Crippen LogP contribution >= 0.6 is 11.8 Å². The number of carbonyl (C=O) groups excluding carboxylic acids is 1. The zero-order valence-electron chi connectivity index (χ0n) is 15.6. The molecule has 0 radical (unpaired) electrons. The van der Waals surface area contributed by atoms with Gasteiger partial charge in [-0.2, -0.15) is 0 Å². The Balaban J connectivity index is 1.70. The Labute approximate surface area is 170 Å². The number of sulfonamides is 1. The SMILES string of the molecule is C=CCNS(=O)(=O)c1ccc(C(=O)Nc2ccccc2SC2CCCC2)cc1. The second-order valence-corrected chi connectivity index (χ2v) is 9.75. The number of thioether (sulfide) groups is 1. The summed E-state index contributed by atoms with van der Waals surface area (Å²) < 4.78 is 26.6. The van der Waals surface area contributed by atoms with Crippen LogP contribution in [0.1, 0.15) is 36.0 Å². The third-order valence-electron chi connectivity index (χ3n) is 4.58. The van der Waals surface area contributed by atoms with Gasteiger partial charge in [0.1, 0.15) is 0 Å². The average molecular weight is 417 g/mol. The lowest BCUT2D eigenvalue weighted by Crippen LogP contribution is -2.23. The molecule has 28 heavy (non-hydrogen) atoms. The van der Waals surface area contributed by atoms with Gasteiger partial charge in [-0.1, -0.05) is 31.1 Å². The van der Waals surface area contributed by atoms with Crippen LogP contribution in [0.4, 0.5) is 5.69 Å². The third kappa shape index (κ3) is 5.25. The summed E-state index contributed by atoms with van der Waals surface area (Å²) in [5, 5.41) is 3.56. The molecule has 2 aromatic carbocycles. The molecule has 1 saturated carbocycles. The summed E-state index contributed by atoms with van der Waals surface area (Å²) in [5.74, 6) is -0.262. The number of hydrogen-bond donors (Lipinski definition) is 2. The van der Waals surface area contributed by atoms with Crippen LogP contribution in [0.2, 0.25) is 0 Å². The third-order valence-corrected chi connectivity index (χ3v) is 7.43. The van der Waals surface area contributed by atoms with Crippen LogP contribution in [0.3, 0.4) is 0 Å². The van der Waals surface area contributed by atoms with Crippen LogP contribution in [-0.2, 0) is 10.0 Å². The van der Waals surface area contributed by atoms with Gasteiger partial charge in [0.25, 0.3) is 5.91 Å². The van der Waals surface area contributed by atoms with Crippen molar-refractivity contribution < 1.29 is 13.2 Å². The molecule has 0 unspecified atom stereocenters. The zero-order chi connectivity index (χ0) is 20.0. The van der Waals surface area contributed by atoms with Gasteiger partial charge >= 0.3 is 0 Å². The molecule has 0 heterocycles. The Morgan fingerprint density at radius 3 is 2.46 bits per heavy atom. The lowest BCUT2D eigenvalue weighted by molar-refractivity contribution is 0.102. The molecule has 0 bridgehead atoms. The monoisotopic (exact) mass is 416 g/mol. The maximum Gasteiger partial charge on any atom is 0.255 e. The minimum Gasteiger partial charge on any atom is -0.321 e. The zero-order valence-corrected chi connectivity index (χ0v) is 17.2. The van der Waals surface area contributed by atoms with E-state index in [-0.39, 0.29) is 17.3 Å². The van der Waals surface area contributed by atoms with Crippen LogP contribution in [-0.4, -0.2) is 26.1 Å². The van der Waals surface area contributed by atoms with Gasteiger partial charge in [0.15, 0.2) is 0 Å². The van der Waals surface area contributed by atoms with E-state index >= 15 is 0 Å². The number of nitrogens with one attached hydrogen (secondary N) is 2. The fourth-order valence-electron chi connectivity index (χ4n) is 3.09. The molecule has 1 aliphatic carbocycles. The average Bonchev–Trinajstić information content (AvgIpc) is 3.21. The largest absolute Gasteiger partial charge is 0.321 e.